The maximum atomic E-state index is 13.4. The van der Waals surface area contributed by atoms with Crippen LogP contribution in [0.2, 0.25) is 0 Å². The van der Waals surface area contributed by atoms with E-state index in [9.17, 15) is 13.2 Å². The topological polar surface area (TPSA) is 92.5 Å². The number of piperidine rings is 1. The Labute approximate surface area is 178 Å². The fourth-order valence-corrected chi connectivity index (χ4v) is 5.32. The number of nitrogens with one attached hydrogen (secondary N) is 1. The number of rotatable bonds is 7. The van der Waals surface area contributed by atoms with Gasteiger partial charge in [-0.1, -0.05) is 48.0 Å². The monoisotopic (exact) mass is 431 g/mol. The first-order valence-electron chi connectivity index (χ1n) is 10.3. The van der Waals surface area contributed by atoms with E-state index < -0.39 is 10.0 Å². The van der Waals surface area contributed by atoms with E-state index in [2.05, 4.69) is 10.5 Å². The molecule has 162 valence electrons. The number of aryl methyl sites for hydroxylation is 2. The van der Waals surface area contributed by atoms with Gasteiger partial charge in [0.1, 0.15) is 5.69 Å². The highest BCUT2D eigenvalue weighted by atomic mass is 32.2. The molecule has 2 aromatic rings. The number of carbonyl (C=O) groups excluding carboxylic acids is 1. The molecule has 0 aliphatic carbocycles. The molecule has 0 unspecified atom stereocenters. The smallest absolute Gasteiger partial charge is 0.248 e. The summed E-state index contributed by atoms with van der Waals surface area (Å²) in [5.74, 6) is -0.226. The van der Waals surface area contributed by atoms with Gasteiger partial charge in [0.2, 0.25) is 15.9 Å². The molecule has 1 aromatic carbocycles. The molecular formula is C22H29N3O4S. The van der Waals surface area contributed by atoms with Crippen LogP contribution in [0.25, 0.3) is 12.2 Å². The van der Waals surface area contributed by atoms with Crippen molar-refractivity contribution in [3.8, 4) is 0 Å². The lowest BCUT2D eigenvalue weighted by Crippen LogP contribution is -2.45. The number of sulfonamides is 1. The SMILES string of the molecule is CCCNC(=O)[C@@H]1CCCN(S(=O)(=O)c2c(C)noc2/C=C/c2ccc(C)cc2)C1. The van der Waals surface area contributed by atoms with E-state index in [1.807, 2.05) is 38.1 Å². The first-order chi connectivity index (χ1) is 14.3. The molecule has 8 heteroatoms. The summed E-state index contributed by atoms with van der Waals surface area (Å²) in [4.78, 5) is 12.4. The molecule has 1 fully saturated rings. The molecule has 0 radical (unpaired) electrons. The van der Waals surface area contributed by atoms with Gasteiger partial charge in [0.25, 0.3) is 0 Å². The lowest BCUT2D eigenvalue weighted by atomic mass is 9.99. The zero-order valence-corrected chi connectivity index (χ0v) is 18.5. The molecule has 0 bridgehead atoms. The molecule has 1 atom stereocenters. The Hall–Kier alpha value is -2.45. The van der Waals surface area contributed by atoms with E-state index in [0.717, 1.165) is 17.5 Å². The maximum absolute atomic E-state index is 13.4. The molecule has 1 aliphatic rings. The Bertz CT molecular complexity index is 1010. The van der Waals surface area contributed by atoms with Crippen molar-refractivity contribution in [2.24, 2.45) is 5.92 Å². The quantitative estimate of drug-likeness (QED) is 0.725. The second-order valence-corrected chi connectivity index (χ2v) is 9.57. The minimum atomic E-state index is -3.83. The molecule has 1 N–H and O–H groups in total. The molecule has 30 heavy (non-hydrogen) atoms. The van der Waals surface area contributed by atoms with Crippen LogP contribution in [-0.2, 0) is 14.8 Å². The number of carbonyl (C=O) groups is 1. The summed E-state index contributed by atoms with van der Waals surface area (Å²) < 4.78 is 33.5. The molecule has 1 saturated heterocycles. The highest BCUT2D eigenvalue weighted by Gasteiger charge is 2.36. The van der Waals surface area contributed by atoms with Gasteiger partial charge >= 0.3 is 0 Å². The number of aromatic nitrogens is 1. The highest BCUT2D eigenvalue weighted by Crippen LogP contribution is 2.29. The molecule has 1 aliphatic heterocycles. The van der Waals surface area contributed by atoms with Crippen LogP contribution in [0.15, 0.2) is 33.7 Å². The molecular weight excluding hydrogens is 402 g/mol. The third kappa shape index (κ3) is 4.99. The second-order valence-electron chi connectivity index (χ2n) is 7.70. The first-order valence-corrected chi connectivity index (χ1v) is 11.8. The molecule has 2 heterocycles. The lowest BCUT2D eigenvalue weighted by Gasteiger charge is -2.31. The van der Waals surface area contributed by atoms with Crippen molar-refractivity contribution in [2.75, 3.05) is 19.6 Å². The number of benzene rings is 1. The summed E-state index contributed by atoms with van der Waals surface area (Å²) in [7, 11) is -3.83. The van der Waals surface area contributed by atoms with E-state index in [-0.39, 0.29) is 29.0 Å². The predicted molar refractivity (Wildman–Crippen MR) is 116 cm³/mol. The minimum absolute atomic E-state index is 0.0699. The number of hydrogen-bond donors (Lipinski definition) is 1. The van der Waals surface area contributed by atoms with Crippen molar-refractivity contribution in [3.05, 3.63) is 46.8 Å². The normalized spacial score (nSPS) is 18.0. The van der Waals surface area contributed by atoms with Crippen LogP contribution in [0.4, 0.5) is 0 Å². The summed E-state index contributed by atoms with van der Waals surface area (Å²) >= 11 is 0. The summed E-state index contributed by atoms with van der Waals surface area (Å²) in [6.07, 6.45) is 5.60. The van der Waals surface area contributed by atoms with Crippen molar-refractivity contribution in [1.82, 2.24) is 14.8 Å². The third-order valence-electron chi connectivity index (χ3n) is 5.24. The average molecular weight is 432 g/mol. The Morgan fingerprint density at radius 2 is 2.00 bits per heavy atom. The van der Waals surface area contributed by atoms with Gasteiger partial charge in [-0.05, 0) is 44.7 Å². The van der Waals surface area contributed by atoms with Gasteiger partial charge in [0.15, 0.2) is 10.7 Å². The number of nitrogens with zero attached hydrogens (tertiary/aromatic N) is 2. The van der Waals surface area contributed by atoms with Gasteiger partial charge in [-0.25, -0.2) is 8.42 Å². The van der Waals surface area contributed by atoms with Gasteiger partial charge in [0, 0.05) is 19.6 Å². The van der Waals surface area contributed by atoms with E-state index in [0.29, 0.717) is 31.6 Å². The van der Waals surface area contributed by atoms with Crippen molar-refractivity contribution in [2.45, 2.75) is 44.9 Å². The van der Waals surface area contributed by atoms with E-state index in [1.165, 1.54) is 4.31 Å². The van der Waals surface area contributed by atoms with Crippen LogP contribution in [0, 0.1) is 19.8 Å². The first kappa shape index (κ1) is 22.2. The fourth-order valence-electron chi connectivity index (χ4n) is 3.54. The maximum Gasteiger partial charge on any atom is 0.248 e. The largest absolute Gasteiger partial charge is 0.356 e. The van der Waals surface area contributed by atoms with Crippen molar-refractivity contribution >= 4 is 28.1 Å². The third-order valence-corrected chi connectivity index (χ3v) is 7.26. The second kappa shape index (κ2) is 9.57. The standard InChI is InChI=1S/C22H29N3O4S/c1-4-13-23-22(26)19-6-5-14-25(15-19)30(27,28)21-17(3)24-29-20(21)12-11-18-9-7-16(2)8-10-18/h7-12,19H,4-6,13-15H2,1-3H3,(H,23,26)/b12-11+/t19-/m1/s1. The van der Waals surface area contributed by atoms with Crippen molar-refractivity contribution in [3.63, 3.8) is 0 Å². The molecule has 1 amide bonds. The van der Waals surface area contributed by atoms with Crippen LogP contribution in [-0.4, -0.2) is 43.4 Å². The van der Waals surface area contributed by atoms with E-state index >= 15 is 0 Å². The van der Waals surface area contributed by atoms with Crippen LogP contribution in [0.3, 0.4) is 0 Å². The fraction of sp³-hybridized carbons (Fsp3) is 0.455. The zero-order valence-electron chi connectivity index (χ0n) is 17.7. The highest BCUT2D eigenvalue weighted by molar-refractivity contribution is 7.89. The lowest BCUT2D eigenvalue weighted by molar-refractivity contribution is -0.126. The summed E-state index contributed by atoms with van der Waals surface area (Å²) in [5, 5.41) is 6.76. The summed E-state index contributed by atoms with van der Waals surface area (Å²) in [6.45, 7) is 6.76. The van der Waals surface area contributed by atoms with Crippen LogP contribution in [0.5, 0.6) is 0 Å². The Balaban J connectivity index is 1.83. The van der Waals surface area contributed by atoms with E-state index in [4.69, 9.17) is 4.52 Å². The Morgan fingerprint density at radius 3 is 2.70 bits per heavy atom. The van der Waals surface area contributed by atoms with Crippen molar-refractivity contribution in [1.29, 1.82) is 0 Å². The van der Waals surface area contributed by atoms with Crippen LogP contribution < -0.4 is 5.32 Å². The van der Waals surface area contributed by atoms with Gasteiger partial charge in [-0.15, -0.1) is 0 Å². The zero-order chi connectivity index (χ0) is 21.7. The molecule has 3 rings (SSSR count). The molecule has 7 nitrogen and oxygen atoms in total. The summed E-state index contributed by atoms with van der Waals surface area (Å²) in [6, 6.07) is 7.88. The van der Waals surface area contributed by atoms with Crippen LogP contribution in [0.1, 0.15) is 48.8 Å². The Kier molecular flexibility index (Phi) is 7.10. The van der Waals surface area contributed by atoms with E-state index in [1.54, 1.807) is 19.1 Å². The van der Waals surface area contributed by atoms with Gasteiger partial charge in [0.05, 0.1) is 5.92 Å². The Morgan fingerprint density at radius 1 is 1.27 bits per heavy atom. The molecule has 0 saturated carbocycles. The van der Waals surface area contributed by atoms with Gasteiger partial charge in [-0.2, -0.15) is 4.31 Å². The van der Waals surface area contributed by atoms with Crippen molar-refractivity contribution < 1.29 is 17.7 Å². The van der Waals surface area contributed by atoms with Gasteiger partial charge < -0.3 is 9.84 Å². The summed E-state index contributed by atoms with van der Waals surface area (Å²) in [5.41, 5.74) is 2.40. The van der Waals surface area contributed by atoms with Gasteiger partial charge in [-0.3, -0.25) is 4.79 Å². The minimum Gasteiger partial charge on any atom is -0.356 e. The van der Waals surface area contributed by atoms with Crippen LogP contribution >= 0.6 is 0 Å². The average Bonchev–Trinajstić information content (AvgIpc) is 3.13. The molecule has 1 aromatic heterocycles. The molecule has 0 spiro atoms. The number of amides is 1. The predicted octanol–water partition coefficient (Wildman–Crippen LogP) is 3.39. The number of hydrogen-bond acceptors (Lipinski definition) is 5.